The number of rotatable bonds is 2. The molecular weight excluding hydrogens is 282 g/mol. The monoisotopic (exact) mass is 297 g/mol. The van der Waals surface area contributed by atoms with Crippen molar-refractivity contribution >= 4 is 27.8 Å². The predicted molar refractivity (Wildman–Crippen MR) is 87.5 cm³/mol. The summed E-state index contributed by atoms with van der Waals surface area (Å²) in [6.07, 6.45) is 3.17. The first-order valence-corrected chi connectivity index (χ1v) is 7.47. The highest BCUT2D eigenvalue weighted by atomic mass is 32.1. The van der Waals surface area contributed by atoms with E-state index in [4.69, 9.17) is 0 Å². The normalized spacial score (nSPS) is 11.6. The minimum Gasteiger partial charge on any atom is -0.267 e. The molecule has 0 N–H and O–H groups in total. The molecule has 0 saturated heterocycles. The van der Waals surface area contributed by atoms with Crippen molar-refractivity contribution in [3.05, 3.63) is 62.5 Å². The summed E-state index contributed by atoms with van der Waals surface area (Å²) in [7, 11) is 0. The third-order valence-corrected chi connectivity index (χ3v) is 4.70. The molecule has 21 heavy (non-hydrogen) atoms. The number of hydrogen-bond acceptors (Lipinski definition) is 4. The van der Waals surface area contributed by atoms with Crippen molar-refractivity contribution in [1.29, 1.82) is 0 Å². The van der Waals surface area contributed by atoms with E-state index in [1.807, 2.05) is 45.0 Å². The summed E-state index contributed by atoms with van der Waals surface area (Å²) >= 11 is 1.54. The summed E-state index contributed by atoms with van der Waals surface area (Å²) in [6, 6.07) is 7.91. The molecule has 5 heteroatoms. The molecule has 106 valence electrons. The number of hydrogen-bond donors (Lipinski definition) is 0. The van der Waals surface area contributed by atoms with E-state index in [0.717, 1.165) is 26.4 Å². The topological polar surface area (TPSA) is 47.2 Å². The summed E-state index contributed by atoms with van der Waals surface area (Å²) in [6.45, 7) is 5.96. The summed E-state index contributed by atoms with van der Waals surface area (Å²) in [5.41, 5.74) is 2.98. The van der Waals surface area contributed by atoms with Gasteiger partial charge in [0, 0.05) is 4.88 Å². The third-order valence-electron chi connectivity index (χ3n) is 3.58. The number of fused-ring (bicyclic) bond motifs is 1. The van der Waals surface area contributed by atoms with Gasteiger partial charge >= 0.3 is 0 Å². The van der Waals surface area contributed by atoms with E-state index in [2.05, 4.69) is 10.1 Å². The minimum atomic E-state index is -0.119. The zero-order valence-electron chi connectivity index (χ0n) is 12.1. The molecule has 0 amide bonds. The molecular formula is C16H15N3OS. The minimum absolute atomic E-state index is 0.119. The van der Waals surface area contributed by atoms with Crippen molar-refractivity contribution in [2.24, 2.45) is 5.10 Å². The van der Waals surface area contributed by atoms with Crippen LogP contribution in [-0.2, 0) is 0 Å². The maximum atomic E-state index is 12.5. The second-order valence-corrected chi connectivity index (χ2v) is 6.16. The Balaban J connectivity index is 2.10. The van der Waals surface area contributed by atoms with Gasteiger partial charge in [0.2, 0.25) is 0 Å². The first-order valence-electron chi connectivity index (χ1n) is 6.65. The van der Waals surface area contributed by atoms with Crippen LogP contribution in [0.2, 0.25) is 0 Å². The van der Waals surface area contributed by atoms with Gasteiger partial charge in [-0.1, -0.05) is 24.3 Å². The fourth-order valence-corrected chi connectivity index (χ4v) is 3.15. The van der Waals surface area contributed by atoms with E-state index in [9.17, 15) is 4.79 Å². The van der Waals surface area contributed by atoms with Crippen LogP contribution in [0.15, 0.2) is 40.5 Å². The number of nitrogens with zero attached hydrogens (tertiary/aromatic N) is 3. The van der Waals surface area contributed by atoms with E-state index >= 15 is 0 Å². The highest BCUT2D eigenvalue weighted by Crippen LogP contribution is 2.25. The quantitative estimate of drug-likeness (QED) is 0.682. The Labute approximate surface area is 126 Å². The molecule has 0 bridgehead atoms. The van der Waals surface area contributed by atoms with Gasteiger partial charge in [-0.15, -0.1) is 11.3 Å². The summed E-state index contributed by atoms with van der Waals surface area (Å²) in [5, 5.41) is 4.93. The Morgan fingerprint density at radius 1 is 1.24 bits per heavy atom. The van der Waals surface area contributed by atoms with E-state index in [-0.39, 0.29) is 5.56 Å². The molecule has 0 aliphatic rings. The number of benzene rings is 1. The molecule has 0 unspecified atom stereocenters. The molecule has 3 rings (SSSR count). The summed E-state index contributed by atoms with van der Waals surface area (Å²) in [4.78, 5) is 18.7. The lowest BCUT2D eigenvalue weighted by molar-refractivity contribution is 0.818. The van der Waals surface area contributed by atoms with Crippen molar-refractivity contribution < 1.29 is 0 Å². The molecule has 0 saturated carbocycles. The highest BCUT2D eigenvalue weighted by molar-refractivity contribution is 7.18. The fraction of sp³-hybridized carbons (Fsp3) is 0.188. The molecule has 3 aromatic rings. The second-order valence-electron chi connectivity index (χ2n) is 4.96. The Bertz CT molecular complexity index is 906. The second kappa shape index (κ2) is 5.26. The molecule has 0 aliphatic carbocycles. The van der Waals surface area contributed by atoms with Gasteiger partial charge in [0.25, 0.3) is 5.56 Å². The van der Waals surface area contributed by atoms with E-state index in [1.165, 1.54) is 11.0 Å². The lowest BCUT2D eigenvalue weighted by Crippen LogP contribution is -2.17. The molecule has 0 spiro atoms. The summed E-state index contributed by atoms with van der Waals surface area (Å²) < 4.78 is 1.30. The zero-order chi connectivity index (χ0) is 15.0. The van der Waals surface area contributed by atoms with Gasteiger partial charge in [0.15, 0.2) is 0 Å². The molecule has 1 aromatic carbocycles. The maximum Gasteiger partial charge on any atom is 0.282 e. The van der Waals surface area contributed by atoms with Crippen LogP contribution in [0, 0.1) is 20.8 Å². The number of thiophene rings is 1. The smallest absolute Gasteiger partial charge is 0.267 e. The number of aromatic nitrogens is 2. The van der Waals surface area contributed by atoms with Crippen molar-refractivity contribution in [3.63, 3.8) is 0 Å². The molecule has 0 aliphatic heterocycles. The SMILES string of the molecule is Cc1ccccc1/C=N/n1cnc2sc(C)c(C)c2c1=O. The van der Waals surface area contributed by atoms with Gasteiger partial charge in [0.1, 0.15) is 11.2 Å². The lowest BCUT2D eigenvalue weighted by Gasteiger charge is -2.00. The third kappa shape index (κ3) is 2.40. The van der Waals surface area contributed by atoms with Crippen molar-refractivity contribution in [2.45, 2.75) is 20.8 Å². The van der Waals surface area contributed by atoms with Crippen LogP contribution in [0.1, 0.15) is 21.6 Å². The van der Waals surface area contributed by atoms with Crippen LogP contribution in [0.3, 0.4) is 0 Å². The molecule has 0 fully saturated rings. The molecule has 0 atom stereocenters. The van der Waals surface area contributed by atoms with Gasteiger partial charge in [-0.3, -0.25) is 4.79 Å². The molecule has 2 heterocycles. The highest BCUT2D eigenvalue weighted by Gasteiger charge is 2.11. The van der Waals surface area contributed by atoms with Gasteiger partial charge in [-0.2, -0.15) is 9.78 Å². The molecule has 0 radical (unpaired) electrons. The van der Waals surface area contributed by atoms with Crippen LogP contribution < -0.4 is 5.56 Å². The molecule has 2 aromatic heterocycles. The van der Waals surface area contributed by atoms with Gasteiger partial charge < -0.3 is 0 Å². The standard InChI is InChI=1S/C16H15N3OS/c1-10-6-4-5-7-13(10)8-18-19-9-17-15-14(16(19)20)11(2)12(3)21-15/h4-9H,1-3H3/b18-8+. The first-order chi connectivity index (χ1) is 10.1. The van der Waals surface area contributed by atoms with E-state index in [1.54, 1.807) is 17.6 Å². The van der Waals surface area contributed by atoms with Crippen LogP contribution in [0.4, 0.5) is 0 Å². The van der Waals surface area contributed by atoms with Crippen LogP contribution >= 0.6 is 11.3 Å². The van der Waals surface area contributed by atoms with E-state index in [0.29, 0.717) is 5.39 Å². The zero-order valence-corrected chi connectivity index (χ0v) is 12.9. The Kier molecular flexibility index (Phi) is 3.43. The Morgan fingerprint density at radius 2 is 2.00 bits per heavy atom. The van der Waals surface area contributed by atoms with Gasteiger partial charge in [-0.05, 0) is 37.5 Å². The number of aryl methyl sites for hydroxylation is 3. The van der Waals surface area contributed by atoms with Crippen LogP contribution in [-0.4, -0.2) is 15.9 Å². The maximum absolute atomic E-state index is 12.5. The van der Waals surface area contributed by atoms with Crippen molar-refractivity contribution in [1.82, 2.24) is 9.66 Å². The largest absolute Gasteiger partial charge is 0.282 e. The molecule has 4 nitrogen and oxygen atoms in total. The van der Waals surface area contributed by atoms with Crippen LogP contribution in [0.5, 0.6) is 0 Å². The van der Waals surface area contributed by atoms with Crippen LogP contribution in [0.25, 0.3) is 10.2 Å². The lowest BCUT2D eigenvalue weighted by atomic mass is 10.1. The fourth-order valence-electron chi connectivity index (χ4n) is 2.16. The van der Waals surface area contributed by atoms with Crippen molar-refractivity contribution in [3.8, 4) is 0 Å². The van der Waals surface area contributed by atoms with Gasteiger partial charge in [-0.25, -0.2) is 4.98 Å². The predicted octanol–water partition coefficient (Wildman–Crippen LogP) is 3.27. The first kappa shape index (κ1) is 13.7. The summed E-state index contributed by atoms with van der Waals surface area (Å²) in [5.74, 6) is 0. The Morgan fingerprint density at radius 3 is 2.76 bits per heavy atom. The van der Waals surface area contributed by atoms with Gasteiger partial charge in [0.05, 0.1) is 11.6 Å². The average Bonchev–Trinajstić information content (AvgIpc) is 2.76. The van der Waals surface area contributed by atoms with Crippen molar-refractivity contribution in [2.75, 3.05) is 0 Å². The average molecular weight is 297 g/mol. The Hall–Kier alpha value is -2.27. The van der Waals surface area contributed by atoms with E-state index < -0.39 is 0 Å².